The number of hydrogen-bond donors (Lipinski definition) is 2. The van der Waals surface area contributed by atoms with E-state index in [-0.39, 0.29) is 6.04 Å². The summed E-state index contributed by atoms with van der Waals surface area (Å²) in [6.07, 6.45) is 6.60. The molecule has 0 aromatic carbocycles. The zero-order chi connectivity index (χ0) is 13.8. The first kappa shape index (κ1) is 13.7. The molecule has 5 heteroatoms. The maximum absolute atomic E-state index is 5.68. The number of pyridine rings is 1. The highest BCUT2D eigenvalue weighted by molar-refractivity contribution is 5.26. The van der Waals surface area contributed by atoms with Gasteiger partial charge in [0.25, 0.3) is 0 Å². The summed E-state index contributed by atoms with van der Waals surface area (Å²) in [5.41, 5.74) is 7.33. The zero-order valence-corrected chi connectivity index (χ0v) is 11.7. The van der Waals surface area contributed by atoms with E-state index in [0.717, 1.165) is 35.3 Å². The van der Waals surface area contributed by atoms with Gasteiger partial charge in [-0.1, -0.05) is 6.07 Å². The number of nitrogens with one attached hydrogen (secondary N) is 1. The average Bonchev–Trinajstić information content (AvgIpc) is 2.84. The molecule has 2 heterocycles. The minimum Gasteiger partial charge on any atom is -0.273 e. The number of rotatable bonds is 5. The molecule has 3 N–H and O–H groups in total. The lowest BCUT2D eigenvalue weighted by atomic mass is 10.0. The third kappa shape index (κ3) is 3.19. The molecule has 0 bridgehead atoms. The zero-order valence-electron chi connectivity index (χ0n) is 11.7. The summed E-state index contributed by atoms with van der Waals surface area (Å²) in [7, 11) is 0. The van der Waals surface area contributed by atoms with E-state index in [9.17, 15) is 0 Å². The van der Waals surface area contributed by atoms with Gasteiger partial charge in [0.05, 0.1) is 17.9 Å². The monoisotopic (exact) mass is 259 g/mol. The Morgan fingerprint density at radius 1 is 1.37 bits per heavy atom. The van der Waals surface area contributed by atoms with Gasteiger partial charge in [0, 0.05) is 18.9 Å². The standard InChI is InChI=1S/C14H21N5/c1-4-19-9-12(8-17-19)6-13(18-15)14-11(3)5-10(2)7-16-14/h5,7-9,13,18H,4,6,15H2,1-3H3. The smallest absolute Gasteiger partial charge is 0.0676 e. The molecule has 0 aliphatic rings. The van der Waals surface area contributed by atoms with Crippen molar-refractivity contribution in [2.75, 3.05) is 0 Å². The Morgan fingerprint density at radius 2 is 2.16 bits per heavy atom. The highest BCUT2D eigenvalue weighted by Gasteiger charge is 2.15. The molecular formula is C14H21N5. The van der Waals surface area contributed by atoms with Crippen LogP contribution in [0.2, 0.25) is 0 Å². The third-order valence-corrected chi connectivity index (χ3v) is 3.24. The van der Waals surface area contributed by atoms with Crippen LogP contribution in [0.1, 0.15) is 35.3 Å². The largest absolute Gasteiger partial charge is 0.273 e. The Balaban J connectivity index is 2.19. The van der Waals surface area contributed by atoms with E-state index in [4.69, 9.17) is 5.84 Å². The van der Waals surface area contributed by atoms with Crippen LogP contribution in [0.5, 0.6) is 0 Å². The normalized spacial score (nSPS) is 12.6. The van der Waals surface area contributed by atoms with Crippen LogP contribution >= 0.6 is 0 Å². The summed E-state index contributed by atoms with van der Waals surface area (Å²) in [4.78, 5) is 4.50. The molecule has 1 unspecified atom stereocenters. The molecule has 0 aliphatic carbocycles. The summed E-state index contributed by atoms with van der Waals surface area (Å²) < 4.78 is 1.92. The minimum atomic E-state index is 0.00936. The molecule has 1 atom stereocenters. The molecule has 102 valence electrons. The first-order valence-corrected chi connectivity index (χ1v) is 6.54. The summed E-state index contributed by atoms with van der Waals surface area (Å²) in [5.74, 6) is 5.68. The fourth-order valence-corrected chi connectivity index (χ4v) is 2.25. The lowest BCUT2D eigenvalue weighted by Gasteiger charge is -2.17. The second-order valence-corrected chi connectivity index (χ2v) is 4.84. The van der Waals surface area contributed by atoms with Crippen molar-refractivity contribution in [3.8, 4) is 0 Å². The molecule has 0 saturated heterocycles. The van der Waals surface area contributed by atoms with Crippen molar-refractivity contribution in [1.82, 2.24) is 20.2 Å². The lowest BCUT2D eigenvalue weighted by molar-refractivity contribution is 0.534. The average molecular weight is 259 g/mol. The number of nitrogens with zero attached hydrogens (tertiary/aromatic N) is 3. The molecule has 0 spiro atoms. The Morgan fingerprint density at radius 3 is 2.74 bits per heavy atom. The van der Waals surface area contributed by atoms with Gasteiger partial charge in [-0.15, -0.1) is 0 Å². The highest BCUT2D eigenvalue weighted by atomic mass is 15.3. The molecular weight excluding hydrogens is 238 g/mol. The van der Waals surface area contributed by atoms with E-state index in [1.807, 2.05) is 30.2 Å². The van der Waals surface area contributed by atoms with Gasteiger partial charge in [-0.05, 0) is 43.9 Å². The van der Waals surface area contributed by atoms with E-state index in [1.54, 1.807) is 0 Å². The second kappa shape index (κ2) is 5.95. The Bertz CT molecular complexity index is 547. The van der Waals surface area contributed by atoms with E-state index in [1.165, 1.54) is 0 Å². The number of hydrazine groups is 1. The van der Waals surface area contributed by atoms with Crippen LogP contribution in [0.4, 0.5) is 0 Å². The van der Waals surface area contributed by atoms with Crippen molar-refractivity contribution in [3.05, 3.63) is 47.0 Å². The highest BCUT2D eigenvalue weighted by Crippen LogP contribution is 2.19. The van der Waals surface area contributed by atoms with Gasteiger partial charge in [0.15, 0.2) is 0 Å². The topological polar surface area (TPSA) is 68.8 Å². The van der Waals surface area contributed by atoms with E-state index < -0.39 is 0 Å². The van der Waals surface area contributed by atoms with Crippen LogP contribution in [0.25, 0.3) is 0 Å². The fourth-order valence-electron chi connectivity index (χ4n) is 2.25. The predicted octanol–water partition coefficient (Wildman–Crippen LogP) is 1.66. The molecule has 2 aromatic heterocycles. The van der Waals surface area contributed by atoms with Crippen LogP contribution in [0.3, 0.4) is 0 Å². The van der Waals surface area contributed by atoms with Crippen molar-refractivity contribution in [2.45, 2.75) is 39.8 Å². The van der Waals surface area contributed by atoms with Crippen LogP contribution < -0.4 is 11.3 Å². The maximum atomic E-state index is 5.68. The van der Waals surface area contributed by atoms with Crippen molar-refractivity contribution in [3.63, 3.8) is 0 Å². The molecule has 0 aliphatic heterocycles. The van der Waals surface area contributed by atoms with Crippen LogP contribution in [-0.4, -0.2) is 14.8 Å². The first-order chi connectivity index (χ1) is 9.13. The number of aryl methyl sites for hydroxylation is 3. The molecule has 0 amide bonds. The number of nitrogens with two attached hydrogens (primary N) is 1. The van der Waals surface area contributed by atoms with Crippen molar-refractivity contribution in [1.29, 1.82) is 0 Å². The first-order valence-electron chi connectivity index (χ1n) is 6.54. The van der Waals surface area contributed by atoms with Gasteiger partial charge in [-0.2, -0.15) is 5.10 Å². The molecule has 2 aromatic rings. The van der Waals surface area contributed by atoms with Gasteiger partial charge in [0.1, 0.15) is 0 Å². The van der Waals surface area contributed by atoms with Crippen LogP contribution in [0.15, 0.2) is 24.7 Å². The van der Waals surface area contributed by atoms with Gasteiger partial charge in [-0.25, -0.2) is 0 Å². The van der Waals surface area contributed by atoms with Gasteiger partial charge in [0.2, 0.25) is 0 Å². The summed E-state index contributed by atoms with van der Waals surface area (Å²) >= 11 is 0. The van der Waals surface area contributed by atoms with Gasteiger partial charge in [-0.3, -0.25) is 20.9 Å². The van der Waals surface area contributed by atoms with Crippen LogP contribution in [0, 0.1) is 13.8 Å². The summed E-state index contributed by atoms with van der Waals surface area (Å²) in [6.45, 7) is 7.05. The molecule has 5 nitrogen and oxygen atoms in total. The third-order valence-electron chi connectivity index (χ3n) is 3.24. The molecule has 0 fully saturated rings. The van der Waals surface area contributed by atoms with Gasteiger partial charge >= 0.3 is 0 Å². The van der Waals surface area contributed by atoms with Crippen molar-refractivity contribution >= 4 is 0 Å². The van der Waals surface area contributed by atoms with Gasteiger partial charge < -0.3 is 0 Å². The fraction of sp³-hybridized carbons (Fsp3) is 0.429. The Kier molecular flexibility index (Phi) is 4.29. The number of hydrogen-bond acceptors (Lipinski definition) is 4. The molecule has 19 heavy (non-hydrogen) atoms. The van der Waals surface area contributed by atoms with Crippen LogP contribution in [-0.2, 0) is 13.0 Å². The molecule has 2 rings (SSSR count). The minimum absolute atomic E-state index is 0.00936. The quantitative estimate of drug-likeness (QED) is 0.633. The summed E-state index contributed by atoms with van der Waals surface area (Å²) in [5, 5.41) is 4.28. The van der Waals surface area contributed by atoms with Crippen molar-refractivity contribution in [2.24, 2.45) is 5.84 Å². The SMILES string of the molecule is CCn1cc(CC(NN)c2ncc(C)cc2C)cn1. The Hall–Kier alpha value is -1.72. The lowest BCUT2D eigenvalue weighted by Crippen LogP contribution is -2.30. The van der Waals surface area contributed by atoms with E-state index in [2.05, 4.69) is 35.4 Å². The van der Waals surface area contributed by atoms with E-state index >= 15 is 0 Å². The molecule has 0 saturated carbocycles. The predicted molar refractivity (Wildman–Crippen MR) is 75.4 cm³/mol. The second-order valence-electron chi connectivity index (χ2n) is 4.84. The maximum Gasteiger partial charge on any atom is 0.0676 e. The number of aromatic nitrogens is 3. The molecule has 0 radical (unpaired) electrons. The van der Waals surface area contributed by atoms with E-state index in [0.29, 0.717) is 0 Å². The Labute approximate surface area is 113 Å². The summed E-state index contributed by atoms with van der Waals surface area (Å²) in [6, 6.07) is 2.14. The van der Waals surface area contributed by atoms with Crippen molar-refractivity contribution < 1.29 is 0 Å².